The van der Waals surface area contributed by atoms with Crippen molar-refractivity contribution in [1.29, 1.82) is 0 Å². The Hall–Kier alpha value is -1.27. The number of ether oxygens (including phenoxy) is 2. The van der Waals surface area contributed by atoms with Gasteiger partial charge in [-0.05, 0) is 30.0 Å². The Morgan fingerprint density at radius 3 is 2.50 bits per heavy atom. The van der Waals surface area contributed by atoms with Crippen LogP contribution in [0.4, 0.5) is 0 Å². The summed E-state index contributed by atoms with van der Waals surface area (Å²) in [6, 6.07) is 5.41. The first-order valence-corrected chi connectivity index (χ1v) is 8.45. The minimum Gasteiger partial charge on any atom is -0.493 e. The smallest absolute Gasteiger partial charge is 0.209 e. The molecule has 0 aliphatic carbocycles. The lowest BCUT2D eigenvalue weighted by Crippen LogP contribution is -2.21. The number of hydrogen-bond donors (Lipinski definition) is 1. The van der Waals surface area contributed by atoms with Gasteiger partial charge in [-0.3, -0.25) is 0 Å². The van der Waals surface area contributed by atoms with Crippen LogP contribution in [0.15, 0.2) is 18.2 Å². The maximum absolute atomic E-state index is 11.1. The van der Waals surface area contributed by atoms with E-state index in [0.717, 1.165) is 18.2 Å². The third-order valence-corrected chi connectivity index (χ3v) is 3.39. The van der Waals surface area contributed by atoms with E-state index in [1.165, 1.54) is 0 Å². The van der Waals surface area contributed by atoms with Crippen molar-refractivity contribution >= 4 is 10.0 Å². The second kappa shape index (κ2) is 7.50. The van der Waals surface area contributed by atoms with Gasteiger partial charge in [0.05, 0.1) is 20.0 Å². The van der Waals surface area contributed by atoms with Crippen LogP contribution in [-0.4, -0.2) is 28.4 Å². The topological polar surface area (TPSA) is 64.6 Å². The molecule has 0 aliphatic heterocycles. The molecule has 0 amide bonds. The molecule has 0 aliphatic rings. The number of methoxy groups -OCH3 is 1. The maximum atomic E-state index is 11.1. The van der Waals surface area contributed by atoms with Crippen molar-refractivity contribution in [3.63, 3.8) is 0 Å². The Kier molecular flexibility index (Phi) is 6.29. The molecule has 0 heterocycles. The minimum absolute atomic E-state index is 0.238. The number of sulfonamides is 1. The zero-order chi connectivity index (χ0) is 15.2. The van der Waals surface area contributed by atoms with E-state index in [1.54, 1.807) is 19.2 Å². The number of hydrogen-bond acceptors (Lipinski definition) is 4. The minimum atomic E-state index is -3.20. The van der Waals surface area contributed by atoms with Gasteiger partial charge in [-0.25, -0.2) is 13.1 Å². The highest BCUT2D eigenvalue weighted by Crippen LogP contribution is 2.28. The van der Waals surface area contributed by atoms with Crippen molar-refractivity contribution in [3.05, 3.63) is 23.8 Å². The molecule has 0 bridgehead atoms. The number of benzene rings is 1. The van der Waals surface area contributed by atoms with Crippen LogP contribution in [0.5, 0.6) is 11.5 Å². The van der Waals surface area contributed by atoms with Crippen molar-refractivity contribution < 1.29 is 17.9 Å². The third kappa shape index (κ3) is 6.25. The van der Waals surface area contributed by atoms with E-state index in [-0.39, 0.29) is 6.54 Å². The van der Waals surface area contributed by atoms with Gasteiger partial charge in [-0.1, -0.05) is 19.9 Å². The quantitative estimate of drug-likeness (QED) is 0.799. The summed E-state index contributed by atoms with van der Waals surface area (Å²) in [5, 5.41) is 0. The lowest BCUT2D eigenvalue weighted by molar-refractivity contribution is 0.273. The fourth-order valence-electron chi connectivity index (χ4n) is 1.56. The van der Waals surface area contributed by atoms with E-state index >= 15 is 0 Å². The molecule has 114 valence electrons. The van der Waals surface area contributed by atoms with E-state index in [2.05, 4.69) is 18.6 Å². The molecule has 0 saturated heterocycles. The van der Waals surface area contributed by atoms with Crippen LogP contribution in [0.25, 0.3) is 0 Å². The summed E-state index contributed by atoms with van der Waals surface area (Å²) < 4.78 is 35.5. The first-order valence-electron chi connectivity index (χ1n) is 6.56. The SMILES string of the molecule is COc1cc(CNS(C)(=O)=O)ccc1OCCC(C)C. The summed E-state index contributed by atoms with van der Waals surface area (Å²) in [4.78, 5) is 0. The number of nitrogens with one attached hydrogen (secondary N) is 1. The summed E-state index contributed by atoms with van der Waals surface area (Å²) in [5.41, 5.74) is 0.823. The van der Waals surface area contributed by atoms with Crippen molar-refractivity contribution in [2.75, 3.05) is 20.0 Å². The van der Waals surface area contributed by atoms with E-state index in [9.17, 15) is 8.42 Å². The highest BCUT2D eigenvalue weighted by Gasteiger charge is 2.08. The Morgan fingerprint density at radius 2 is 1.95 bits per heavy atom. The largest absolute Gasteiger partial charge is 0.493 e. The molecule has 0 unspecified atom stereocenters. The van der Waals surface area contributed by atoms with Crippen LogP contribution in [0.1, 0.15) is 25.8 Å². The standard InChI is InChI=1S/C14H23NO4S/c1-11(2)7-8-19-13-6-5-12(9-14(13)18-3)10-15-20(4,16)17/h5-6,9,11,15H,7-8,10H2,1-4H3. The van der Waals surface area contributed by atoms with Crippen molar-refractivity contribution in [1.82, 2.24) is 4.72 Å². The number of rotatable bonds is 8. The molecule has 0 atom stereocenters. The van der Waals surface area contributed by atoms with Gasteiger partial charge in [0.2, 0.25) is 10.0 Å². The van der Waals surface area contributed by atoms with Gasteiger partial charge in [0.15, 0.2) is 11.5 Å². The Bertz CT molecular complexity index is 526. The zero-order valence-corrected chi connectivity index (χ0v) is 13.3. The molecule has 20 heavy (non-hydrogen) atoms. The molecule has 1 rings (SSSR count). The van der Waals surface area contributed by atoms with Crippen molar-refractivity contribution in [2.45, 2.75) is 26.8 Å². The summed E-state index contributed by atoms with van der Waals surface area (Å²) in [5.74, 6) is 1.87. The predicted molar refractivity (Wildman–Crippen MR) is 79.6 cm³/mol. The molecule has 0 saturated carbocycles. The van der Waals surface area contributed by atoms with E-state index in [1.807, 2.05) is 6.07 Å². The molecule has 0 fully saturated rings. The normalized spacial score (nSPS) is 11.7. The van der Waals surface area contributed by atoms with Gasteiger partial charge in [-0.15, -0.1) is 0 Å². The molecule has 1 aromatic rings. The Balaban J connectivity index is 2.69. The molecular weight excluding hydrogens is 278 g/mol. The van der Waals surface area contributed by atoms with Crippen LogP contribution >= 0.6 is 0 Å². The molecule has 5 nitrogen and oxygen atoms in total. The summed E-state index contributed by atoms with van der Waals surface area (Å²) in [6.45, 7) is 5.15. The van der Waals surface area contributed by atoms with E-state index in [0.29, 0.717) is 24.0 Å². The monoisotopic (exact) mass is 301 g/mol. The zero-order valence-electron chi connectivity index (χ0n) is 12.5. The molecular formula is C14H23NO4S. The van der Waals surface area contributed by atoms with Gasteiger partial charge >= 0.3 is 0 Å². The first kappa shape index (κ1) is 16.8. The summed E-state index contributed by atoms with van der Waals surface area (Å²) in [6.07, 6.45) is 2.11. The summed E-state index contributed by atoms with van der Waals surface area (Å²) in [7, 11) is -1.63. The average molecular weight is 301 g/mol. The van der Waals surface area contributed by atoms with E-state index < -0.39 is 10.0 Å². The highest BCUT2D eigenvalue weighted by atomic mass is 32.2. The molecule has 0 spiro atoms. The van der Waals surface area contributed by atoms with Gasteiger partial charge in [0.25, 0.3) is 0 Å². The second-order valence-corrected chi connectivity index (χ2v) is 6.94. The Morgan fingerprint density at radius 1 is 1.25 bits per heavy atom. The fourth-order valence-corrected chi connectivity index (χ4v) is 1.99. The van der Waals surface area contributed by atoms with Crippen LogP contribution in [0.2, 0.25) is 0 Å². The average Bonchev–Trinajstić information content (AvgIpc) is 2.36. The van der Waals surface area contributed by atoms with E-state index in [4.69, 9.17) is 9.47 Å². The van der Waals surface area contributed by atoms with Crippen LogP contribution in [0, 0.1) is 5.92 Å². The maximum Gasteiger partial charge on any atom is 0.209 e. The lowest BCUT2D eigenvalue weighted by Gasteiger charge is -2.13. The summed E-state index contributed by atoms with van der Waals surface area (Å²) >= 11 is 0. The highest BCUT2D eigenvalue weighted by molar-refractivity contribution is 7.88. The Labute approximate surface area is 121 Å². The third-order valence-electron chi connectivity index (χ3n) is 2.72. The van der Waals surface area contributed by atoms with Gasteiger partial charge in [0, 0.05) is 6.54 Å². The first-order chi connectivity index (χ1) is 9.31. The molecule has 6 heteroatoms. The molecule has 1 N–H and O–H groups in total. The van der Waals surface area contributed by atoms with Gasteiger partial charge in [0.1, 0.15) is 0 Å². The van der Waals surface area contributed by atoms with Crippen LogP contribution in [0.3, 0.4) is 0 Å². The predicted octanol–water partition coefficient (Wildman–Crippen LogP) is 2.17. The molecule has 0 aromatic heterocycles. The van der Waals surface area contributed by atoms with Gasteiger partial charge in [-0.2, -0.15) is 0 Å². The molecule has 1 aromatic carbocycles. The second-order valence-electron chi connectivity index (χ2n) is 5.11. The van der Waals surface area contributed by atoms with Crippen LogP contribution < -0.4 is 14.2 Å². The van der Waals surface area contributed by atoms with Crippen molar-refractivity contribution in [3.8, 4) is 11.5 Å². The fraction of sp³-hybridized carbons (Fsp3) is 0.571. The van der Waals surface area contributed by atoms with Gasteiger partial charge < -0.3 is 9.47 Å². The van der Waals surface area contributed by atoms with Crippen molar-refractivity contribution in [2.24, 2.45) is 5.92 Å². The lowest BCUT2D eigenvalue weighted by atomic mass is 10.1. The van der Waals surface area contributed by atoms with Crippen LogP contribution in [-0.2, 0) is 16.6 Å². The molecule has 0 radical (unpaired) electrons.